The molecule has 2 aromatic carbocycles. The minimum absolute atomic E-state index is 0.00930. The van der Waals surface area contributed by atoms with Crippen LogP contribution in [0.4, 0.5) is 0 Å². The first-order valence-corrected chi connectivity index (χ1v) is 9.89. The monoisotopic (exact) mass is 391 g/mol. The third-order valence-corrected chi connectivity index (χ3v) is 6.31. The lowest BCUT2D eigenvalue weighted by molar-refractivity contribution is -0.149. The number of allylic oxidation sites excluding steroid dienone is 2. The summed E-state index contributed by atoms with van der Waals surface area (Å²) in [6.45, 7) is 0.0529. The van der Waals surface area contributed by atoms with Crippen molar-refractivity contribution in [2.24, 2.45) is 17.8 Å². The number of benzene rings is 2. The molecule has 0 N–H and O–H groups in total. The number of imide groups is 1. The Bertz CT molecular complexity index is 1050. The van der Waals surface area contributed by atoms with Gasteiger partial charge < -0.3 is 9.47 Å². The van der Waals surface area contributed by atoms with E-state index in [1.165, 1.54) is 0 Å². The summed E-state index contributed by atoms with van der Waals surface area (Å²) >= 11 is 0. The summed E-state index contributed by atoms with van der Waals surface area (Å²) in [5.41, 5.74) is 0.918. The Labute approximate surface area is 168 Å². The molecule has 6 nitrogen and oxygen atoms in total. The summed E-state index contributed by atoms with van der Waals surface area (Å²) in [5.74, 6) is 0.293. The first kappa shape index (κ1) is 17.9. The fourth-order valence-electron chi connectivity index (χ4n) is 4.90. The highest BCUT2D eigenvalue weighted by atomic mass is 16.5. The van der Waals surface area contributed by atoms with Gasteiger partial charge in [0.15, 0.2) is 0 Å². The summed E-state index contributed by atoms with van der Waals surface area (Å²) in [4.78, 5) is 39.5. The van der Waals surface area contributed by atoms with E-state index in [1.54, 1.807) is 31.4 Å². The minimum atomic E-state index is -0.375. The smallest absolute Gasteiger partial charge is 0.309 e. The van der Waals surface area contributed by atoms with Crippen molar-refractivity contribution in [2.45, 2.75) is 12.8 Å². The Balaban J connectivity index is 1.33. The number of methoxy groups -OCH3 is 1. The highest BCUT2D eigenvalue weighted by Gasteiger charge is 2.41. The molecule has 1 heterocycles. The van der Waals surface area contributed by atoms with E-state index in [0.29, 0.717) is 28.2 Å². The summed E-state index contributed by atoms with van der Waals surface area (Å²) < 4.78 is 10.8. The fraction of sp³-hybridized carbons (Fsp3) is 0.348. The summed E-state index contributed by atoms with van der Waals surface area (Å²) in [6.07, 6.45) is 6.13. The zero-order chi connectivity index (χ0) is 20.1. The fourth-order valence-corrected chi connectivity index (χ4v) is 4.90. The molecule has 0 radical (unpaired) electrons. The Morgan fingerprint density at radius 2 is 1.86 bits per heavy atom. The third kappa shape index (κ3) is 2.74. The average molecular weight is 391 g/mol. The van der Waals surface area contributed by atoms with Crippen LogP contribution in [0.3, 0.4) is 0 Å². The number of fused-ring (bicyclic) bond motifs is 2. The quantitative estimate of drug-likeness (QED) is 0.445. The van der Waals surface area contributed by atoms with Crippen LogP contribution < -0.4 is 4.74 Å². The lowest BCUT2D eigenvalue weighted by atomic mass is 9.93. The molecule has 1 fully saturated rings. The summed E-state index contributed by atoms with van der Waals surface area (Å²) in [5, 5.41) is 1.35. The van der Waals surface area contributed by atoms with Gasteiger partial charge in [0.2, 0.25) is 0 Å². The van der Waals surface area contributed by atoms with Crippen molar-refractivity contribution in [1.82, 2.24) is 4.90 Å². The Morgan fingerprint density at radius 1 is 1.07 bits per heavy atom. The largest absolute Gasteiger partial charge is 0.496 e. The summed E-state index contributed by atoms with van der Waals surface area (Å²) in [7, 11) is 1.56. The van der Waals surface area contributed by atoms with E-state index in [4.69, 9.17) is 9.47 Å². The minimum Gasteiger partial charge on any atom is -0.496 e. The van der Waals surface area contributed by atoms with Crippen molar-refractivity contribution in [3.8, 4) is 5.75 Å². The first-order chi connectivity index (χ1) is 14.1. The molecular formula is C23H21NO5. The van der Waals surface area contributed by atoms with E-state index >= 15 is 0 Å². The molecule has 3 unspecified atom stereocenters. The van der Waals surface area contributed by atoms with Crippen molar-refractivity contribution in [3.05, 3.63) is 53.6 Å². The van der Waals surface area contributed by atoms with Crippen molar-refractivity contribution >= 4 is 28.6 Å². The average Bonchev–Trinajstić information content (AvgIpc) is 3.37. The summed E-state index contributed by atoms with van der Waals surface area (Å²) in [6, 6.07) is 8.73. The van der Waals surface area contributed by atoms with Gasteiger partial charge in [0.25, 0.3) is 11.8 Å². The van der Waals surface area contributed by atoms with Gasteiger partial charge in [-0.05, 0) is 42.9 Å². The van der Waals surface area contributed by atoms with E-state index in [0.717, 1.165) is 23.1 Å². The second-order valence-electron chi connectivity index (χ2n) is 7.86. The van der Waals surface area contributed by atoms with Crippen LogP contribution in [0.5, 0.6) is 5.75 Å². The van der Waals surface area contributed by atoms with Crippen LogP contribution in [0.15, 0.2) is 42.5 Å². The van der Waals surface area contributed by atoms with Crippen LogP contribution in [-0.4, -0.2) is 42.9 Å². The van der Waals surface area contributed by atoms with Crippen LogP contribution in [0.1, 0.15) is 33.6 Å². The molecule has 0 aromatic heterocycles. The molecule has 1 aliphatic heterocycles. The number of amides is 2. The maximum Gasteiger partial charge on any atom is 0.309 e. The third-order valence-electron chi connectivity index (χ3n) is 6.31. The molecule has 2 aromatic rings. The van der Waals surface area contributed by atoms with Gasteiger partial charge in [-0.2, -0.15) is 0 Å². The van der Waals surface area contributed by atoms with Gasteiger partial charge in [0.1, 0.15) is 12.4 Å². The molecular weight excluding hydrogens is 370 g/mol. The Kier molecular flexibility index (Phi) is 4.15. The Hall–Kier alpha value is -3.15. The van der Waals surface area contributed by atoms with Gasteiger partial charge in [-0.3, -0.25) is 19.3 Å². The highest BCUT2D eigenvalue weighted by Crippen LogP contribution is 2.44. The maximum atomic E-state index is 13.0. The van der Waals surface area contributed by atoms with Crippen molar-refractivity contribution < 1.29 is 23.9 Å². The number of esters is 1. The van der Waals surface area contributed by atoms with Crippen molar-refractivity contribution in [2.75, 3.05) is 20.3 Å². The maximum absolute atomic E-state index is 13.0. The van der Waals surface area contributed by atoms with Crippen LogP contribution >= 0.6 is 0 Å². The lowest BCUT2D eigenvalue weighted by Crippen LogP contribution is -2.42. The van der Waals surface area contributed by atoms with Crippen LogP contribution in [0, 0.1) is 17.8 Å². The molecule has 1 saturated carbocycles. The van der Waals surface area contributed by atoms with Gasteiger partial charge in [-0.1, -0.05) is 24.3 Å². The number of hydrogen-bond acceptors (Lipinski definition) is 5. The Morgan fingerprint density at radius 3 is 2.55 bits per heavy atom. The van der Waals surface area contributed by atoms with E-state index in [9.17, 15) is 14.4 Å². The van der Waals surface area contributed by atoms with E-state index in [1.807, 2.05) is 6.07 Å². The number of carbonyl (C=O) groups excluding carboxylic acids is 3. The van der Waals surface area contributed by atoms with Gasteiger partial charge in [-0.15, -0.1) is 0 Å². The molecule has 3 atom stereocenters. The number of nitrogens with zero attached hydrogens (tertiary/aromatic N) is 1. The zero-order valence-electron chi connectivity index (χ0n) is 16.1. The second-order valence-corrected chi connectivity index (χ2v) is 7.86. The van der Waals surface area contributed by atoms with Gasteiger partial charge in [-0.25, -0.2) is 0 Å². The SMILES string of the molecule is COc1ccc2c3c(cccc13)C(=O)N(CCOC(=O)C1CC3C=CC1C3)C2=O. The van der Waals surface area contributed by atoms with Gasteiger partial charge >= 0.3 is 5.97 Å². The predicted molar refractivity (Wildman–Crippen MR) is 106 cm³/mol. The van der Waals surface area contributed by atoms with Gasteiger partial charge in [0.05, 0.1) is 19.6 Å². The van der Waals surface area contributed by atoms with Crippen molar-refractivity contribution in [3.63, 3.8) is 0 Å². The molecule has 3 aliphatic rings. The second kappa shape index (κ2) is 6.72. The number of hydrogen-bond donors (Lipinski definition) is 0. The topological polar surface area (TPSA) is 72.9 Å². The normalized spacial score (nSPS) is 24.4. The molecule has 6 heteroatoms. The molecule has 0 saturated heterocycles. The lowest BCUT2D eigenvalue weighted by Gasteiger charge is -2.27. The first-order valence-electron chi connectivity index (χ1n) is 9.89. The molecule has 2 bridgehead atoms. The van der Waals surface area contributed by atoms with Crippen LogP contribution in [-0.2, 0) is 9.53 Å². The molecule has 2 aliphatic carbocycles. The standard InChI is InChI=1S/C23H21NO5/c1-28-19-8-7-17-20-15(19)3-2-4-16(20)21(25)24(22(17)26)9-10-29-23(27)18-12-13-5-6-14(18)11-13/h2-8,13-14,18H,9-12H2,1H3. The molecule has 2 amide bonds. The number of carbonyl (C=O) groups is 3. The molecule has 29 heavy (non-hydrogen) atoms. The van der Waals surface area contributed by atoms with E-state index in [-0.39, 0.29) is 42.8 Å². The molecule has 5 rings (SSSR count). The predicted octanol–water partition coefficient (Wildman–Crippen LogP) is 3.20. The number of ether oxygens (including phenoxy) is 2. The van der Waals surface area contributed by atoms with Crippen LogP contribution in [0.2, 0.25) is 0 Å². The van der Waals surface area contributed by atoms with Crippen molar-refractivity contribution in [1.29, 1.82) is 0 Å². The highest BCUT2D eigenvalue weighted by molar-refractivity contribution is 6.26. The molecule has 148 valence electrons. The van der Waals surface area contributed by atoms with E-state index in [2.05, 4.69) is 12.2 Å². The van der Waals surface area contributed by atoms with E-state index < -0.39 is 0 Å². The molecule has 0 spiro atoms. The van der Waals surface area contributed by atoms with Gasteiger partial charge in [0, 0.05) is 21.9 Å². The van der Waals surface area contributed by atoms with Crippen LogP contribution in [0.25, 0.3) is 10.8 Å². The number of rotatable bonds is 5. The zero-order valence-corrected chi connectivity index (χ0v) is 16.1.